The molecule has 0 spiro atoms. The first-order valence-electron chi connectivity index (χ1n) is 5.15. The molecule has 14 heavy (non-hydrogen) atoms. The number of ketones is 1. The highest BCUT2D eigenvalue weighted by Crippen LogP contribution is 2.43. The maximum atomic E-state index is 11.9. The van der Waals surface area contributed by atoms with Gasteiger partial charge in [-0.2, -0.15) is 0 Å². The van der Waals surface area contributed by atoms with Crippen LogP contribution in [0.15, 0.2) is 23.5 Å². The molecule has 0 heterocycles. The van der Waals surface area contributed by atoms with Crippen LogP contribution >= 0.6 is 0 Å². The maximum Gasteiger partial charge on any atom is 0.146 e. The first-order valence-corrected chi connectivity index (χ1v) is 5.15. The lowest BCUT2D eigenvalue weighted by Crippen LogP contribution is -2.33. The van der Waals surface area contributed by atoms with Crippen LogP contribution < -0.4 is 0 Å². The number of Topliss-reactive ketones (excluding diaryl/α,β-unsaturated/α-hetero) is 1. The Balaban J connectivity index is 2.37. The molecule has 1 atom stereocenters. The first-order chi connectivity index (χ1) is 6.66. The number of carbonyl (C=O) groups excluding carboxylic acids is 1. The largest absolute Gasteiger partial charge is 0.501 e. The van der Waals surface area contributed by atoms with E-state index in [-0.39, 0.29) is 5.41 Å². The molecule has 1 unspecified atom stereocenters. The third kappa shape index (κ3) is 1.29. The Morgan fingerprint density at radius 3 is 2.93 bits per heavy atom. The van der Waals surface area contributed by atoms with Crippen LogP contribution in [0, 0.1) is 5.41 Å². The standard InChI is InChI=1S/C12H16O2/c1-12-8-10(14-2)7-6-9(12)4-3-5-11(12)13/h6,8H,3-5,7H2,1-2H3. The van der Waals surface area contributed by atoms with E-state index in [0.717, 1.165) is 25.0 Å². The van der Waals surface area contributed by atoms with Crippen molar-refractivity contribution in [2.75, 3.05) is 7.11 Å². The van der Waals surface area contributed by atoms with Gasteiger partial charge < -0.3 is 4.74 Å². The van der Waals surface area contributed by atoms with Gasteiger partial charge >= 0.3 is 0 Å². The van der Waals surface area contributed by atoms with E-state index in [1.807, 2.05) is 13.0 Å². The molecule has 0 amide bonds. The molecule has 2 rings (SSSR count). The predicted octanol–water partition coefficient (Wildman–Crippen LogP) is 2.61. The summed E-state index contributed by atoms with van der Waals surface area (Å²) in [6.07, 6.45) is 7.79. The fraction of sp³-hybridized carbons (Fsp3) is 0.583. The summed E-state index contributed by atoms with van der Waals surface area (Å²) >= 11 is 0. The van der Waals surface area contributed by atoms with Gasteiger partial charge in [-0.1, -0.05) is 11.6 Å². The molecule has 0 radical (unpaired) electrons. The molecule has 0 aliphatic heterocycles. The highest BCUT2D eigenvalue weighted by molar-refractivity contribution is 5.91. The van der Waals surface area contributed by atoms with Crippen LogP contribution in [-0.2, 0) is 9.53 Å². The first kappa shape index (κ1) is 9.50. The normalized spacial score (nSPS) is 31.7. The number of carbonyl (C=O) groups is 1. The second kappa shape index (κ2) is 3.26. The van der Waals surface area contributed by atoms with E-state index in [2.05, 4.69) is 6.08 Å². The van der Waals surface area contributed by atoms with E-state index < -0.39 is 0 Å². The van der Waals surface area contributed by atoms with E-state index in [0.29, 0.717) is 12.2 Å². The van der Waals surface area contributed by atoms with Gasteiger partial charge in [0.25, 0.3) is 0 Å². The Kier molecular flexibility index (Phi) is 2.22. The number of methoxy groups -OCH3 is 1. The number of rotatable bonds is 1. The zero-order chi connectivity index (χ0) is 10.2. The lowest BCUT2D eigenvalue weighted by atomic mass is 9.68. The number of ether oxygens (including phenoxy) is 1. The third-order valence-electron chi connectivity index (χ3n) is 3.36. The zero-order valence-electron chi connectivity index (χ0n) is 8.80. The van der Waals surface area contributed by atoms with E-state index in [9.17, 15) is 4.79 Å². The second-order valence-corrected chi connectivity index (χ2v) is 4.23. The minimum Gasteiger partial charge on any atom is -0.501 e. The van der Waals surface area contributed by atoms with Crippen LogP contribution in [0.4, 0.5) is 0 Å². The lowest BCUT2D eigenvalue weighted by Gasteiger charge is -2.35. The second-order valence-electron chi connectivity index (χ2n) is 4.23. The highest BCUT2D eigenvalue weighted by atomic mass is 16.5. The SMILES string of the molecule is COC1=CC2(C)C(=O)CCCC2=CC1. The van der Waals surface area contributed by atoms with Crippen molar-refractivity contribution in [1.82, 2.24) is 0 Å². The Bertz CT molecular complexity index is 325. The summed E-state index contributed by atoms with van der Waals surface area (Å²) in [5, 5.41) is 0. The smallest absolute Gasteiger partial charge is 0.146 e. The minimum absolute atomic E-state index is 0.337. The molecule has 0 saturated heterocycles. The summed E-state index contributed by atoms with van der Waals surface area (Å²) in [6.45, 7) is 2.01. The highest BCUT2D eigenvalue weighted by Gasteiger charge is 2.39. The predicted molar refractivity (Wildman–Crippen MR) is 54.8 cm³/mol. The zero-order valence-corrected chi connectivity index (χ0v) is 8.80. The van der Waals surface area contributed by atoms with Gasteiger partial charge in [0, 0.05) is 12.8 Å². The van der Waals surface area contributed by atoms with Gasteiger partial charge in [-0.05, 0) is 25.8 Å². The number of hydrogen-bond acceptors (Lipinski definition) is 2. The summed E-state index contributed by atoms with van der Waals surface area (Å²) in [6, 6.07) is 0. The molecular formula is C12H16O2. The number of allylic oxidation sites excluding steroid dienone is 3. The van der Waals surface area contributed by atoms with Crippen LogP contribution in [0.1, 0.15) is 32.6 Å². The molecule has 0 aromatic rings. The van der Waals surface area contributed by atoms with Crippen molar-refractivity contribution in [3.63, 3.8) is 0 Å². The van der Waals surface area contributed by atoms with Gasteiger partial charge in [0.1, 0.15) is 5.78 Å². The summed E-state index contributed by atoms with van der Waals surface area (Å²) in [5.74, 6) is 1.26. The van der Waals surface area contributed by atoms with Gasteiger partial charge in [-0.3, -0.25) is 4.79 Å². The summed E-state index contributed by atoms with van der Waals surface area (Å²) in [5.41, 5.74) is 0.927. The van der Waals surface area contributed by atoms with Crippen molar-refractivity contribution < 1.29 is 9.53 Å². The maximum absolute atomic E-state index is 11.9. The molecule has 0 aromatic heterocycles. The fourth-order valence-electron chi connectivity index (χ4n) is 2.37. The van der Waals surface area contributed by atoms with Crippen LogP contribution in [0.5, 0.6) is 0 Å². The van der Waals surface area contributed by atoms with Crippen LogP contribution in [-0.4, -0.2) is 12.9 Å². The van der Waals surface area contributed by atoms with Gasteiger partial charge in [0.15, 0.2) is 0 Å². The van der Waals surface area contributed by atoms with E-state index in [1.54, 1.807) is 7.11 Å². The molecule has 2 nitrogen and oxygen atoms in total. The summed E-state index contributed by atoms with van der Waals surface area (Å²) < 4.78 is 5.22. The van der Waals surface area contributed by atoms with Crippen molar-refractivity contribution in [2.45, 2.75) is 32.6 Å². The van der Waals surface area contributed by atoms with E-state index in [1.165, 1.54) is 5.57 Å². The lowest BCUT2D eigenvalue weighted by molar-refractivity contribution is -0.125. The van der Waals surface area contributed by atoms with Gasteiger partial charge in [0.2, 0.25) is 0 Å². The van der Waals surface area contributed by atoms with Gasteiger partial charge in [-0.15, -0.1) is 0 Å². The van der Waals surface area contributed by atoms with Crippen LogP contribution in [0.3, 0.4) is 0 Å². The third-order valence-corrected chi connectivity index (χ3v) is 3.36. The monoisotopic (exact) mass is 192 g/mol. The summed E-state index contributed by atoms with van der Waals surface area (Å²) in [4.78, 5) is 11.9. The molecule has 2 heteroatoms. The Labute approximate surface area is 84.6 Å². The fourth-order valence-corrected chi connectivity index (χ4v) is 2.37. The van der Waals surface area contributed by atoms with Crippen molar-refractivity contribution >= 4 is 5.78 Å². The van der Waals surface area contributed by atoms with E-state index >= 15 is 0 Å². The quantitative estimate of drug-likeness (QED) is 0.597. The van der Waals surface area contributed by atoms with Crippen molar-refractivity contribution in [1.29, 1.82) is 0 Å². The molecular weight excluding hydrogens is 176 g/mol. The Hall–Kier alpha value is -1.05. The minimum atomic E-state index is -0.359. The van der Waals surface area contributed by atoms with Gasteiger partial charge in [-0.25, -0.2) is 0 Å². The topological polar surface area (TPSA) is 26.3 Å². The van der Waals surface area contributed by atoms with E-state index in [4.69, 9.17) is 4.74 Å². The molecule has 1 saturated carbocycles. The Morgan fingerprint density at radius 2 is 2.21 bits per heavy atom. The van der Waals surface area contributed by atoms with Crippen molar-refractivity contribution in [2.24, 2.45) is 5.41 Å². The molecule has 2 aliphatic rings. The average molecular weight is 192 g/mol. The number of fused-ring (bicyclic) bond motifs is 1. The Morgan fingerprint density at radius 1 is 1.43 bits per heavy atom. The molecule has 0 aromatic carbocycles. The van der Waals surface area contributed by atoms with Gasteiger partial charge in [0.05, 0.1) is 18.3 Å². The molecule has 76 valence electrons. The molecule has 2 aliphatic carbocycles. The van der Waals surface area contributed by atoms with Crippen molar-refractivity contribution in [3.05, 3.63) is 23.5 Å². The van der Waals surface area contributed by atoms with Crippen LogP contribution in [0.25, 0.3) is 0 Å². The summed E-state index contributed by atoms with van der Waals surface area (Å²) in [7, 11) is 1.67. The number of hydrogen-bond donors (Lipinski definition) is 0. The van der Waals surface area contributed by atoms with Crippen LogP contribution in [0.2, 0.25) is 0 Å². The molecule has 0 N–H and O–H groups in total. The van der Waals surface area contributed by atoms with Crippen molar-refractivity contribution in [3.8, 4) is 0 Å². The molecule has 0 bridgehead atoms. The average Bonchev–Trinajstić information content (AvgIpc) is 2.19. The molecule has 1 fully saturated rings.